The Morgan fingerprint density at radius 3 is 2.36 bits per heavy atom. The van der Waals surface area contributed by atoms with E-state index >= 15 is 0 Å². The molecule has 1 heterocycles. The number of nitro groups is 1. The molecule has 2 amide bonds. The Bertz CT molecular complexity index is 1270. The highest BCUT2D eigenvalue weighted by Crippen LogP contribution is 2.39. The van der Waals surface area contributed by atoms with Crippen LogP contribution in [0.2, 0.25) is 0 Å². The van der Waals surface area contributed by atoms with Gasteiger partial charge in [-0.2, -0.15) is 0 Å². The second kappa shape index (κ2) is 9.90. The number of thioether (sulfide) groups is 1. The number of amides is 2. The molecule has 4 rings (SSSR count). The lowest BCUT2D eigenvalue weighted by molar-refractivity contribution is -0.384. The number of carbonyl (C=O) groups is 2. The van der Waals surface area contributed by atoms with Crippen molar-refractivity contribution in [1.82, 2.24) is 0 Å². The minimum absolute atomic E-state index is 0.00553. The SMILES string of the molecule is O=C1S/C(=C\c2cc(Br)c(OCc3cccc([N+](=O)[O-])c3)c(Br)c2)C(=O)N1c1ccccc1. The second-order valence-electron chi connectivity index (χ2n) is 6.88. The van der Waals surface area contributed by atoms with E-state index in [1.54, 1.807) is 54.6 Å². The van der Waals surface area contributed by atoms with Crippen LogP contribution in [0.4, 0.5) is 16.2 Å². The van der Waals surface area contributed by atoms with Gasteiger partial charge in [-0.3, -0.25) is 19.7 Å². The smallest absolute Gasteiger partial charge is 0.298 e. The number of anilines is 1. The summed E-state index contributed by atoms with van der Waals surface area (Å²) in [6, 6.07) is 18.5. The first-order valence-corrected chi connectivity index (χ1v) is 11.9. The molecule has 33 heavy (non-hydrogen) atoms. The van der Waals surface area contributed by atoms with Crippen LogP contribution in [0.15, 0.2) is 80.6 Å². The number of benzene rings is 3. The number of nitro benzene ring substituents is 1. The van der Waals surface area contributed by atoms with Gasteiger partial charge in [0.25, 0.3) is 16.8 Å². The van der Waals surface area contributed by atoms with Crippen molar-refractivity contribution in [3.05, 3.63) is 102 Å². The first-order valence-electron chi connectivity index (χ1n) is 9.51. The number of halogens is 2. The summed E-state index contributed by atoms with van der Waals surface area (Å²) in [7, 11) is 0. The van der Waals surface area contributed by atoms with Crippen LogP contribution in [0.5, 0.6) is 5.75 Å². The minimum atomic E-state index is -0.455. The molecule has 1 saturated heterocycles. The van der Waals surface area contributed by atoms with Gasteiger partial charge in [-0.05, 0) is 85.1 Å². The highest BCUT2D eigenvalue weighted by Gasteiger charge is 2.36. The van der Waals surface area contributed by atoms with E-state index in [9.17, 15) is 19.7 Å². The lowest BCUT2D eigenvalue weighted by Crippen LogP contribution is -2.27. The molecule has 10 heteroatoms. The Morgan fingerprint density at radius 1 is 1.00 bits per heavy atom. The van der Waals surface area contributed by atoms with Gasteiger partial charge in [-0.15, -0.1) is 0 Å². The van der Waals surface area contributed by atoms with Crippen molar-refractivity contribution < 1.29 is 19.2 Å². The zero-order valence-corrected chi connectivity index (χ0v) is 20.7. The van der Waals surface area contributed by atoms with Crippen molar-refractivity contribution in [3.8, 4) is 5.75 Å². The maximum atomic E-state index is 12.8. The molecule has 1 aliphatic heterocycles. The van der Waals surface area contributed by atoms with E-state index in [0.717, 1.165) is 16.7 Å². The number of non-ortho nitro benzene ring substituents is 1. The summed E-state index contributed by atoms with van der Waals surface area (Å²) in [5, 5.41) is 10.6. The van der Waals surface area contributed by atoms with Crippen LogP contribution in [0.1, 0.15) is 11.1 Å². The van der Waals surface area contributed by atoms with Crippen molar-refractivity contribution >= 4 is 72.2 Å². The lowest BCUT2D eigenvalue weighted by atomic mass is 10.2. The molecule has 0 spiro atoms. The molecule has 0 aromatic heterocycles. The quantitative estimate of drug-likeness (QED) is 0.176. The zero-order chi connectivity index (χ0) is 23.5. The van der Waals surface area contributed by atoms with Crippen LogP contribution >= 0.6 is 43.6 Å². The molecule has 166 valence electrons. The van der Waals surface area contributed by atoms with Gasteiger partial charge < -0.3 is 4.74 Å². The molecular formula is C23H14Br2N2O5S. The Hall–Kier alpha value is -2.95. The fourth-order valence-electron chi connectivity index (χ4n) is 3.13. The van der Waals surface area contributed by atoms with Gasteiger partial charge in [0, 0.05) is 12.1 Å². The van der Waals surface area contributed by atoms with Crippen LogP contribution < -0.4 is 9.64 Å². The Labute approximate surface area is 209 Å². The third-order valence-corrected chi connectivity index (χ3v) is 6.68. The van der Waals surface area contributed by atoms with Crippen molar-refractivity contribution in [2.75, 3.05) is 4.90 Å². The normalized spacial score (nSPS) is 14.7. The number of rotatable bonds is 6. The highest BCUT2D eigenvalue weighted by atomic mass is 79.9. The number of carbonyl (C=O) groups excluding carboxylic acids is 2. The van der Waals surface area contributed by atoms with E-state index in [-0.39, 0.29) is 23.4 Å². The molecule has 1 aliphatic rings. The predicted octanol–water partition coefficient (Wildman–Crippen LogP) is 6.94. The van der Waals surface area contributed by atoms with Gasteiger partial charge in [-0.25, -0.2) is 4.90 Å². The van der Waals surface area contributed by atoms with Gasteiger partial charge in [0.2, 0.25) is 0 Å². The summed E-state index contributed by atoms with van der Waals surface area (Å²) < 4.78 is 7.10. The van der Waals surface area contributed by atoms with Gasteiger partial charge in [-0.1, -0.05) is 30.3 Å². The Balaban J connectivity index is 1.53. The maximum absolute atomic E-state index is 12.8. The van der Waals surface area contributed by atoms with Gasteiger partial charge in [0.1, 0.15) is 12.4 Å². The average Bonchev–Trinajstić information content (AvgIpc) is 3.06. The van der Waals surface area contributed by atoms with Gasteiger partial charge in [0.15, 0.2) is 0 Å². The molecule has 0 saturated carbocycles. The highest BCUT2D eigenvalue weighted by molar-refractivity contribution is 9.11. The molecule has 3 aromatic carbocycles. The van der Waals surface area contributed by atoms with Crippen molar-refractivity contribution in [3.63, 3.8) is 0 Å². The topological polar surface area (TPSA) is 89.7 Å². The first kappa shape index (κ1) is 23.2. The second-order valence-corrected chi connectivity index (χ2v) is 9.58. The number of para-hydroxylation sites is 1. The number of ether oxygens (including phenoxy) is 1. The maximum Gasteiger partial charge on any atom is 0.298 e. The number of nitrogens with zero attached hydrogens (tertiary/aromatic N) is 2. The van der Waals surface area contributed by atoms with E-state index in [4.69, 9.17) is 4.74 Å². The number of hydrogen-bond acceptors (Lipinski definition) is 6. The third-order valence-electron chi connectivity index (χ3n) is 4.63. The average molecular weight is 590 g/mol. The summed E-state index contributed by atoms with van der Waals surface area (Å²) in [5.41, 5.74) is 1.86. The molecule has 1 fully saturated rings. The lowest BCUT2D eigenvalue weighted by Gasteiger charge is -2.12. The van der Waals surface area contributed by atoms with Gasteiger partial charge in [0.05, 0.1) is 24.5 Å². The van der Waals surface area contributed by atoms with E-state index < -0.39 is 4.92 Å². The molecule has 0 radical (unpaired) electrons. The summed E-state index contributed by atoms with van der Waals surface area (Å²) in [6.45, 7) is 0.133. The summed E-state index contributed by atoms with van der Waals surface area (Å²) in [6.07, 6.45) is 1.65. The molecule has 3 aromatic rings. The molecule has 0 bridgehead atoms. The van der Waals surface area contributed by atoms with Crippen LogP contribution in [0, 0.1) is 10.1 Å². The Morgan fingerprint density at radius 2 is 1.70 bits per heavy atom. The van der Waals surface area contributed by atoms with E-state index in [2.05, 4.69) is 31.9 Å². The van der Waals surface area contributed by atoms with E-state index in [1.165, 1.54) is 12.1 Å². The van der Waals surface area contributed by atoms with Crippen molar-refractivity contribution in [2.45, 2.75) is 6.61 Å². The van der Waals surface area contributed by atoms with E-state index in [1.807, 2.05) is 6.07 Å². The molecule has 0 N–H and O–H groups in total. The van der Waals surface area contributed by atoms with Crippen LogP contribution in [-0.2, 0) is 11.4 Å². The van der Waals surface area contributed by atoms with Crippen LogP contribution in [-0.4, -0.2) is 16.1 Å². The number of hydrogen-bond donors (Lipinski definition) is 0. The Kier molecular flexibility index (Phi) is 6.96. The standard InChI is InChI=1S/C23H14Br2N2O5S/c24-18-10-15(12-20-22(28)26(23(29)33-20)16-6-2-1-3-7-16)11-19(25)21(18)32-13-14-5-4-8-17(9-14)27(30)31/h1-12H,13H2/b20-12-. The molecule has 0 unspecified atom stereocenters. The summed E-state index contributed by atoms with van der Waals surface area (Å²) in [4.78, 5) is 37.2. The van der Waals surface area contributed by atoms with Crippen molar-refractivity contribution in [1.29, 1.82) is 0 Å². The number of imide groups is 1. The van der Waals surface area contributed by atoms with E-state index in [0.29, 0.717) is 36.4 Å². The summed E-state index contributed by atoms with van der Waals surface area (Å²) in [5.74, 6) is 0.130. The fourth-order valence-corrected chi connectivity index (χ4v) is 5.43. The molecule has 0 aliphatic carbocycles. The van der Waals surface area contributed by atoms with Crippen LogP contribution in [0.3, 0.4) is 0 Å². The van der Waals surface area contributed by atoms with Gasteiger partial charge >= 0.3 is 0 Å². The monoisotopic (exact) mass is 588 g/mol. The largest absolute Gasteiger partial charge is 0.487 e. The molecule has 7 nitrogen and oxygen atoms in total. The fraction of sp³-hybridized carbons (Fsp3) is 0.0435. The summed E-state index contributed by atoms with van der Waals surface area (Å²) >= 11 is 7.83. The van der Waals surface area contributed by atoms with Crippen molar-refractivity contribution in [2.24, 2.45) is 0 Å². The first-order chi connectivity index (χ1) is 15.8. The molecule has 0 atom stereocenters. The molecular weight excluding hydrogens is 576 g/mol. The zero-order valence-electron chi connectivity index (χ0n) is 16.7. The third kappa shape index (κ3) is 5.18. The van der Waals surface area contributed by atoms with Crippen LogP contribution in [0.25, 0.3) is 6.08 Å². The minimum Gasteiger partial charge on any atom is -0.487 e. The predicted molar refractivity (Wildman–Crippen MR) is 134 cm³/mol.